The minimum atomic E-state index is -3.12. The summed E-state index contributed by atoms with van der Waals surface area (Å²) in [6.45, 7) is 13.3. The van der Waals surface area contributed by atoms with Crippen LogP contribution in [0.3, 0.4) is 0 Å². The maximum Gasteiger partial charge on any atom is 0.494 e. The number of benzene rings is 2. The van der Waals surface area contributed by atoms with E-state index >= 15 is 0 Å². The predicted molar refractivity (Wildman–Crippen MR) is 148 cm³/mol. The molecule has 2 aromatic rings. The Bertz CT molecular complexity index is 1170. The van der Waals surface area contributed by atoms with Gasteiger partial charge in [0.1, 0.15) is 0 Å². The third-order valence-electron chi connectivity index (χ3n) is 7.74. The molecule has 7 nitrogen and oxygen atoms in total. The van der Waals surface area contributed by atoms with Crippen LogP contribution in [0.2, 0.25) is 0 Å². The summed E-state index contributed by atoms with van der Waals surface area (Å²) in [6.07, 6.45) is 0.980. The Morgan fingerprint density at radius 3 is 1.95 bits per heavy atom. The lowest BCUT2D eigenvalue weighted by molar-refractivity contribution is 0.00578. The normalized spacial score (nSPS) is 20.3. The molecule has 2 aliphatic rings. The number of piperazine rings is 1. The summed E-state index contributed by atoms with van der Waals surface area (Å²) in [4.78, 5) is 15.2. The lowest BCUT2D eigenvalue weighted by Gasteiger charge is -2.34. The van der Waals surface area contributed by atoms with Gasteiger partial charge in [-0.15, -0.1) is 0 Å². The van der Waals surface area contributed by atoms with Crippen molar-refractivity contribution in [3.63, 3.8) is 0 Å². The van der Waals surface area contributed by atoms with Crippen LogP contribution in [0.25, 0.3) is 0 Å². The molecule has 0 saturated carbocycles. The molecule has 2 aromatic carbocycles. The molecule has 9 heteroatoms. The number of hydrogen-bond donors (Lipinski definition) is 0. The summed E-state index contributed by atoms with van der Waals surface area (Å²) in [6, 6.07) is 15.6. The number of rotatable bonds is 9. The van der Waals surface area contributed by atoms with Gasteiger partial charge in [0.05, 0.1) is 17.0 Å². The second-order valence-electron chi connectivity index (χ2n) is 11.1. The Morgan fingerprint density at radius 1 is 0.865 bits per heavy atom. The minimum absolute atomic E-state index is 0.0672. The molecule has 2 fully saturated rings. The molecule has 0 aromatic heterocycles. The van der Waals surface area contributed by atoms with E-state index in [1.807, 2.05) is 71.0 Å². The molecule has 2 saturated heterocycles. The minimum Gasteiger partial charge on any atom is -0.399 e. The summed E-state index contributed by atoms with van der Waals surface area (Å²) < 4.78 is 38.4. The quantitative estimate of drug-likeness (QED) is 0.369. The average Bonchev–Trinajstić information content (AvgIpc) is 3.07. The molecule has 0 spiro atoms. The highest BCUT2D eigenvalue weighted by Crippen LogP contribution is 2.36. The van der Waals surface area contributed by atoms with Crippen LogP contribution >= 0.6 is 0 Å². The zero-order chi connectivity index (χ0) is 26.8. The molecule has 2 aliphatic heterocycles. The number of hydrogen-bond acceptors (Lipinski definition) is 6. The van der Waals surface area contributed by atoms with E-state index in [1.165, 1.54) is 0 Å². The largest absolute Gasteiger partial charge is 0.494 e. The van der Waals surface area contributed by atoms with Crippen LogP contribution in [-0.2, 0) is 32.3 Å². The molecule has 0 radical (unpaired) electrons. The monoisotopic (exact) mass is 526 g/mol. The van der Waals surface area contributed by atoms with Crippen LogP contribution in [0.1, 0.15) is 62.5 Å². The molecular formula is C28H39BN2O5S. The molecule has 37 heavy (non-hydrogen) atoms. The van der Waals surface area contributed by atoms with Crippen LogP contribution in [0.15, 0.2) is 48.5 Å². The van der Waals surface area contributed by atoms with E-state index in [-0.39, 0.29) is 11.5 Å². The first kappa shape index (κ1) is 28.0. The van der Waals surface area contributed by atoms with Gasteiger partial charge in [0.15, 0.2) is 5.78 Å². The van der Waals surface area contributed by atoms with E-state index in [2.05, 4.69) is 17.0 Å². The second-order valence-corrected chi connectivity index (χ2v) is 13.2. The number of carbonyl (C=O) groups is 1. The fourth-order valence-electron chi connectivity index (χ4n) is 4.67. The topological polar surface area (TPSA) is 76.2 Å². The molecule has 0 atom stereocenters. The first-order chi connectivity index (χ1) is 17.4. The van der Waals surface area contributed by atoms with E-state index in [0.29, 0.717) is 31.5 Å². The van der Waals surface area contributed by atoms with Crippen molar-refractivity contribution in [3.8, 4) is 0 Å². The lowest BCUT2D eigenvalue weighted by Crippen LogP contribution is -2.48. The van der Waals surface area contributed by atoms with Gasteiger partial charge in [0.25, 0.3) is 0 Å². The van der Waals surface area contributed by atoms with Gasteiger partial charge in [-0.05, 0) is 50.7 Å². The molecule has 4 rings (SSSR count). The molecule has 0 aliphatic carbocycles. The zero-order valence-corrected chi connectivity index (χ0v) is 23.5. The molecular weight excluding hydrogens is 487 g/mol. The highest BCUT2D eigenvalue weighted by Gasteiger charge is 2.51. The molecule has 0 bridgehead atoms. The van der Waals surface area contributed by atoms with Gasteiger partial charge in [-0.3, -0.25) is 9.69 Å². The SMILES string of the molecule is CCCS(=O)(=O)N1CCN(Cc2ccc(CC(=O)c3ccc(B4OC(C)(C)C(C)(C)O4)cc3)cc2)CC1. The summed E-state index contributed by atoms with van der Waals surface area (Å²) >= 11 is 0. The van der Waals surface area contributed by atoms with Gasteiger partial charge in [-0.25, -0.2) is 8.42 Å². The maximum atomic E-state index is 12.9. The second kappa shape index (κ2) is 11.0. The van der Waals surface area contributed by atoms with Gasteiger partial charge < -0.3 is 9.31 Å². The van der Waals surface area contributed by atoms with E-state index in [4.69, 9.17) is 9.31 Å². The standard InChI is InChI=1S/C28H39BN2O5S/c1-6-19-37(33,34)31-17-15-30(16-18-31)21-23-9-7-22(8-10-23)20-26(32)24-11-13-25(14-12-24)29-35-27(2,3)28(4,5)36-29/h7-14H,6,15-21H2,1-5H3. The van der Waals surface area contributed by atoms with Crippen molar-refractivity contribution in [1.82, 2.24) is 9.21 Å². The Labute approximate surface area is 222 Å². The number of ketones is 1. The zero-order valence-electron chi connectivity index (χ0n) is 22.7. The average molecular weight is 527 g/mol. The van der Waals surface area contributed by atoms with E-state index < -0.39 is 28.3 Å². The molecule has 0 unspecified atom stereocenters. The number of carbonyl (C=O) groups excluding carboxylic acids is 1. The van der Waals surface area contributed by atoms with Crippen molar-refractivity contribution in [2.75, 3.05) is 31.9 Å². The van der Waals surface area contributed by atoms with Gasteiger partial charge in [0.2, 0.25) is 10.0 Å². The third kappa shape index (κ3) is 6.52. The van der Waals surface area contributed by atoms with Gasteiger partial charge in [-0.1, -0.05) is 55.5 Å². The van der Waals surface area contributed by atoms with Crippen molar-refractivity contribution in [2.24, 2.45) is 0 Å². The van der Waals surface area contributed by atoms with E-state index in [9.17, 15) is 13.2 Å². The van der Waals surface area contributed by atoms with Crippen molar-refractivity contribution < 1.29 is 22.5 Å². The Hall–Kier alpha value is -2.04. The highest BCUT2D eigenvalue weighted by atomic mass is 32.2. The van der Waals surface area contributed by atoms with E-state index in [1.54, 1.807) is 4.31 Å². The number of nitrogens with zero attached hydrogens (tertiary/aromatic N) is 2. The number of Topliss-reactive ketones (excluding diaryl/α,β-unsaturated/α-hetero) is 1. The summed E-state index contributed by atoms with van der Waals surface area (Å²) in [5.41, 5.74) is 2.90. The smallest absolute Gasteiger partial charge is 0.399 e. The molecule has 200 valence electrons. The van der Waals surface area contributed by atoms with E-state index in [0.717, 1.165) is 36.2 Å². The summed E-state index contributed by atoms with van der Waals surface area (Å²) in [5, 5.41) is 0. The van der Waals surface area contributed by atoms with Gasteiger partial charge in [0, 0.05) is 44.7 Å². The van der Waals surface area contributed by atoms with Crippen LogP contribution in [0.4, 0.5) is 0 Å². The van der Waals surface area contributed by atoms with Gasteiger partial charge in [-0.2, -0.15) is 4.31 Å². The first-order valence-electron chi connectivity index (χ1n) is 13.2. The fraction of sp³-hybridized carbons (Fsp3) is 0.536. The Morgan fingerprint density at radius 2 is 1.41 bits per heavy atom. The first-order valence-corrected chi connectivity index (χ1v) is 14.8. The van der Waals surface area contributed by atoms with Crippen LogP contribution in [0, 0.1) is 0 Å². The third-order valence-corrected chi connectivity index (χ3v) is 9.81. The molecule has 0 amide bonds. The van der Waals surface area contributed by atoms with Crippen LogP contribution in [-0.4, -0.2) is 73.7 Å². The Kier molecular flexibility index (Phi) is 8.31. The lowest BCUT2D eigenvalue weighted by atomic mass is 9.78. The highest BCUT2D eigenvalue weighted by molar-refractivity contribution is 7.89. The van der Waals surface area contributed by atoms with Crippen LogP contribution < -0.4 is 5.46 Å². The van der Waals surface area contributed by atoms with Crippen molar-refractivity contribution in [1.29, 1.82) is 0 Å². The van der Waals surface area contributed by atoms with Crippen molar-refractivity contribution in [3.05, 3.63) is 65.2 Å². The fourth-order valence-corrected chi connectivity index (χ4v) is 6.16. The summed E-state index contributed by atoms with van der Waals surface area (Å²) in [7, 11) is -3.56. The summed E-state index contributed by atoms with van der Waals surface area (Å²) in [5.74, 6) is 0.287. The van der Waals surface area contributed by atoms with Crippen molar-refractivity contribution in [2.45, 2.75) is 65.2 Å². The molecule has 2 heterocycles. The predicted octanol–water partition coefficient (Wildman–Crippen LogP) is 3.27. The van der Waals surface area contributed by atoms with Gasteiger partial charge >= 0.3 is 7.12 Å². The number of sulfonamides is 1. The molecule has 0 N–H and O–H groups in total. The van der Waals surface area contributed by atoms with Crippen LogP contribution in [0.5, 0.6) is 0 Å². The Balaban J connectivity index is 1.28. The van der Waals surface area contributed by atoms with Crippen molar-refractivity contribution >= 4 is 28.4 Å². The maximum absolute atomic E-state index is 12.9.